The number of nitrogens with zero attached hydrogens (tertiary/aromatic N) is 1. The Balaban J connectivity index is 0.000000640. The number of aliphatic carboxylic acids is 2. The van der Waals surface area contributed by atoms with Crippen molar-refractivity contribution in [1.82, 2.24) is 10.2 Å². The van der Waals surface area contributed by atoms with Gasteiger partial charge in [0.2, 0.25) is 5.91 Å². The third kappa shape index (κ3) is 5.65. The van der Waals surface area contributed by atoms with Gasteiger partial charge >= 0.3 is 5.97 Å². The van der Waals surface area contributed by atoms with Crippen molar-refractivity contribution >= 4 is 17.8 Å². The van der Waals surface area contributed by atoms with Gasteiger partial charge in [-0.1, -0.05) is 60.7 Å². The highest BCUT2D eigenvalue weighted by Gasteiger charge is 2.36. The number of nitrogens with one attached hydrogen (secondary N) is 1. The highest BCUT2D eigenvalue weighted by atomic mass is 16.4. The quantitative estimate of drug-likeness (QED) is 0.742. The van der Waals surface area contributed by atoms with Crippen molar-refractivity contribution in [3.8, 4) is 0 Å². The SMILES string of the molecule is CC(=O)O.O=C(O)[C@@H]1CNCCN1C(=O)C(c1ccccc1)c1ccccc1. The number of piperazine rings is 1. The van der Waals surface area contributed by atoms with Gasteiger partial charge in [-0.25, -0.2) is 4.79 Å². The zero-order valence-corrected chi connectivity index (χ0v) is 15.6. The maximum Gasteiger partial charge on any atom is 0.327 e. The third-order valence-corrected chi connectivity index (χ3v) is 4.32. The van der Waals surface area contributed by atoms with E-state index in [4.69, 9.17) is 9.90 Å². The molecule has 1 amide bonds. The van der Waals surface area contributed by atoms with Crippen LogP contribution in [0, 0.1) is 0 Å². The maximum atomic E-state index is 13.2. The van der Waals surface area contributed by atoms with Gasteiger partial charge in [-0.15, -0.1) is 0 Å². The number of rotatable bonds is 4. The van der Waals surface area contributed by atoms with Crippen LogP contribution in [0.15, 0.2) is 60.7 Å². The minimum Gasteiger partial charge on any atom is -0.481 e. The molecule has 1 fully saturated rings. The topological polar surface area (TPSA) is 107 Å². The first-order chi connectivity index (χ1) is 13.4. The summed E-state index contributed by atoms with van der Waals surface area (Å²) in [4.78, 5) is 35.3. The molecule has 0 saturated carbocycles. The summed E-state index contributed by atoms with van der Waals surface area (Å²) < 4.78 is 0. The molecular weight excluding hydrogens is 360 g/mol. The van der Waals surface area contributed by atoms with Gasteiger partial charge in [0.15, 0.2) is 0 Å². The van der Waals surface area contributed by atoms with Gasteiger partial charge in [-0.2, -0.15) is 0 Å². The number of carboxylic acid groups (broad SMARTS) is 2. The number of hydrogen-bond acceptors (Lipinski definition) is 4. The van der Waals surface area contributed by atoms with Crippen LogP contribution in [0.2, 0.25) is 0 Å². The minimum atomic E-state index is -0.976. The lowest BCUT2D eigenvalue weighted by Gasteiger charge is -2.36. The van der Waals surface area contributed by atoms with E-state index in [1.165, 1.54) is 4.90 Å². The molecule has 7 heteroatoms. The Labute approximate surface area is 163 Å². The van der Waals surface area contributed by atoms with Crippen molar-refractivity contribution in [3.63, 3.8) is 0 Å². The van der Waals surface area contributed by atoms with E-state index in [0.29, 0.717) is 13.1 Å². The first-order valence-electron chi connectivity index (χ1n) is 8.95. The lowest BCUT2D eigenvalue weighted by molar-refractivity contribution is -0.151. The molecule has 2 aromatic rings. The molecule has 1 atom stereocenters. The van der Waals surface area contributed by atoms with E-state index in [1.54, 1.807) is 0 Å². The van der Waals surface area contributed by atoms with Crippen LogP contribution in [0.1, 0.15) is 24.0 Å². The average Bonchev–Trinajstić information content (AvgIpc) is 2.69. The molecule has 3 rings (SSSR count). The molecule has 0 radical (unpaired) electrons. The van der Waals surface area contributed by atoms with Crippen LogP contribution in [-0.4, -0.2) is 58.6 Å². The predicted molar refractivity (Wildman–Crippen MR) is 104 cm³/mol. The fourth-order valence-electron chi connectivity index (χ4n) is 3.12. The Kier molecular flexibility index (Phi) is 7.71. The third-order valence-electron chi connectivity index (χ3n) is 4.32. The maximum absolute atomic E-state index is 13.2. The molecule has 1 aliphatic rings. The van der Waals surface area contributed by atoms with E-state index >= 15 is 0 Å². The van der Waals surface area contributed by atoms with Gasteiger partial charge in [0.1, 0.15) is 6.04 Å². The summed E-state index contributed by atoms with van der Waals surface area (Å²) >= 11 is 0. The van der Waals surface area contributed by atoms with E-state index in [0.717, 1.165) is 18.1 Å². The zero-order chi connectivity index (χ0) is 20.5. The lowest BCUT2D eigenvalue weighted by Crippen LogP contribution is -2.58. The molecule has 3 N–H and O–H groups in total. The second kappa shape index (κ2) is 10.2. The molecule has 0 unspecified atom stereocenters. The van der Waals surface area contributed by atoms with Gasteiger partial charge in [0, 0.05) is 26.6 Å². The number of amides is 1. The van der Waals surface area contributed by atoms with Crippen LogP contribution in [0.25, 0.3) is 0 Å². The van der Waals surface area contributed by atoms with E-state index in [-0.39, 0.29) is 12.5 Å². The first-order valence-corrected chi connectivity index (χ1v) is 8.95. The molecule has 0 aromatic heterocycles. The fourth-order valence-corrected chi connectivity index (χ4v) is 3.12. The normalized spacial score (nSPS) is 16.1. The molecule has 7 nitrogen and oxygen atoms in total. The second-order valence-electron chi connectivity index (χ2n) is 6.36. The highest BCUT2D eigenvalue weighted by molar-refractivity contribution is 5.91. The summed E-state index contributed by atoms with van der Waals surface area (Å²) in [6.45, 7) is 2.36. The number of benzene rings is 2. The molecule has 28 heavy (non-hydrogen) atoms. The molecule has 148 valence electrons. The Morgan fingerprint density at radius 1 is 0.964 bits per heavy atom. The van der Waals surface area contributed by atoms with E-state index in [2.05, 4.69) is 5.32 Å². The molecular formula is C21H24N2O5. The van der Waals surface area contributed by atoms with Gasteiger partial charge in [0.05, 0.1) is 5.92 Å². The zero-order valence-electron chi connectivity index (χ0n) is 15.6. The largest absolute Gasteiger partial charge is 0.481 e. The molecule has 0 aliphatic carbocycles. The van der Waals surface area contributed by atoms with E-state index < -0.39 is 23.9 Å². The van der Waals surface area contributed by atoms with E-state index in [1.807, 2.05) is 60.7 Å². The first kappa shape index (κ1) is 21.1. The molecule has 0 spiro atoms. The van der Waals surface area contributed by atoms with Crippen LogP contribution in [0.5, 0.6) is 0 Å². The highest BCUT2D eigenvalue weighted by Crippen LogP contribution is 2.28. The van der Waals surface area contributed by atoms with Crippen LogP contribution in [0.3, 0.4) is 0 Å². The van der Waals surface area contributed by atoms with Crippen molar-refractivity contribution in [2.24, 2.45) is 0 Å². The van der Waals surface area contributed by atoms with Gasteiger partial charge in [-0.3, -0.25) is 9.59 Å². The average molecular weight is 384 g/mol. The summed E-state index contributed by atoms with van der Waals surface area (Å²) in [6.07, 6.45) is 0. The van der Waals surface area contributed by atoms with Crippen molar-refractivity contribution < 1.29 is 24.6 Å². The standard InChI is InChI=1S/C19H20N2O3.C2H4O2/c22-18(21-12-11-20-13-16(21)19(23)24)17(14-7-3-1-4-8-14)15-9-5-2-6-10-15;1-2(3)4/h1-10,16-17,20H,11-13H2,(H,23,24);1H3,(H,3,4)/t16-;/m0./s1. The lowest BCUT2D eigenvalue weighted by atomic mass is 9.89. The summed E-state index contributed by atoms with van der Waals surface area (Å²) in [6, 6.07) is 18.2. The number of hydrogen-bond donors (Lipinski definition) is 3. The Hall–Kier alpha value is -3.19. The number of carbonyl (C=O) groups is 3. The summed E-state index contributed by atoms with van der Waals surface area (Å²) in [5.74, 6) is -2.47. The molecule has 1 aliphatic heterocycles. The second-order valence-corrected chi connectivity index (χ2v) is 6.36. The number of carbonyl (C=O) groups excluding carboxylic acids is 1. The molecule has 1 saturated heterocycles. The Morgan fingerprint density at radius 3 is 1.86 bits per heavy atom. The van der Waals surface area contributed by atoms with Crippen molar-refractivity contribution in [2.45, 2.75) is 18.9 Å². The van der Waals surface area contributed by atoms with Crippen molar-refractivity contribution in [1.29, 1.82) is 0 Å². The van der Waals surface area contributed by atoms with Crippen molar-refractivity contribution in [3.05, 3.63) is 71.8 Å². The summed E-state index contributed by atoms with van der Waals surface area (Å²) in [7, 11) is 0. The predicted octanol–water partition coefficient (Wildman–Crippen LogP) is 1.79. The molecule has 2 aromatic carbocycles. The van der Waals surface area contributed by atoms with Crippen LogP contribution in [0.4, 0.5) is 0 Å². The molecule has 0 bridgehead atoms. The smallest absolute Gasteiger partial charge is 0.327 e. The fraction of sp³-hybridized carbons (Fsp3) is 0.286. The Morgan fingerprint density at radius 2 is 1.43 bits per heavy atom. The van der Waals surface area contributed by atoms with Gasteiger partial charge in [0.25, 0.3) is 5.97 Å². The van der Waals surface area contributed by atoms with Crippen LogP contribution in [-0.2, 0) is 14.4 Å². The van der Waals surface area contributed by atoms with E-state index in [9.17, 15) is 14.7 Å². The minimum absolute atomic E-state index is 0.165. The molecule has 1 heterocycles. The van der Waals surface area contributed by atoms with Crippen LogP contribution < -0.4 is 5.32 Å². The van der Waals surface area contributed by atoms with Crippen LogP contribution >= 0.6 is 0 Å². The summed E-state index contributed by atoms with van der Waals surface area (Å²) in [5, 5.41) is 19.9. The Bertz CT molecular complexity index is 751. The van der Waals surface area contributed by atoms with Gasteiger partial charge < -0.3 is 20.4 Å². The number of carboxylic acids is 2. The summed E-state index contributed by atoms with van der Waals surface area (Å²) in [5.41, 5.74) is 1.74. The monoisotopic (exact) mass is 384 g/mol. The van der Waals surface area contributed by atoms with Crippen molar-refractivity contribution in [2.75, 3.05) is 19.6 Å². The van der Waals surface area contributed by atoms with Gasteiger partial charge in [-0.05, 0) is 11.1 Å².